The van der Waals surface area contributed by atoms with Crippen LogP contribution in [0.2, 0.25) is 5.02 Å². The van der Waals surface area contributed by atoms with Crippen molar-refractivity contribution in [2.24, 2.45) is 16.8 Å². The topological polar surface area (TPSA) is 46.1 Å². The third-order valence-corrected chi connectivity index (χ3v) is 6.23. The molecule has 1 aromatic carbocycles. The van der Waals surface area contributed by atoms with Gasteiger partial charge in [0, 0.05) is 43.6 Å². The Morgan fingerprint density at radius 3 is 2.63 bits per heavy atom. The summed E-state index contributed by atoms with van der Waals surface area (Å²) < 4.78 is 11.8. The Bertz CT molecular complexity index is 656. The summed E-state index contributed by atoms with van der Waals surface area (Å²) in [5.74, 6) is 2.33. The maximum Gasteiger partial charge on any atom is 0.194 e. The molecule has 3 fully saturated rings. The van der Waals surface area contributed by atoms with Crippen LogP contribution in [0.25, 0.3) is 0 Å². The Hall–Kier alpha value is -0.570. The molecule has 3 aliphatic heterocycles. The summed E-state index contributed by atoms with van der Waals surface area (Å²) in [6.45, 7) is 5.65. The number of rotatable bonds is 5. The van der Waals surface area contributed by atoms with Gasteiger partial charge in [0.15, 0.2) is 5.96 Å². The first-order valence-electron chi connectivity index (χ1n) is 9.66. The summed E-state index contributed by atoms with van der Waals surface area (Å²) in [6.07, 6.45) is 3.30. The van der Waals surface area contributed by atoms with Crippen LogP contribution in [0.4, 0.5) is 0 Å². The van der Waals surface area contributed by atoms with Crippen LogP contribution in [0.3, 0.4) is 0 Å². The fraction of sp³-hybridized carbons (Fsp3) is 0.650. The Balaban J connectivity index is 0.00000210. The van der Waals surface area contributed by atoms with Crippen LogP contribution in [0, 0.1) is 11.8 Å². The number of nitrogens with zero attached hydrogens (tertiary/aromatic N) is 2. The zero-order valence-electron chi connectivity index (χ0n) is 15.9. The lowest BCUT2D eigenvalue weighted by Gasteiger charge is -2.24. The molecule has 1 aromatic rings. The number of aliphatic imine (C=N–C) groups is 1. The molecule has 7 heteroatoms. The molecule has 0 amide bonds. The van der Waals surface area contributed by atoms with Gasteiger partial charge in [0.25, 0.3) is 0 Å². The predicted octanol–water partition coefficient (Wildman–Crippen LogP) is 3.72. The zero-order chi connectivity index (χ0) is 18.1. The Labute approximate surface area is 183 Å². The van der Waals surface area contributed by atoms with Crippen LogP contribution in [0.1, 0.15) is 31.4 Å². The highest BCUT2D eigenvalue weighted by Gasteiger charge is 2.53. The molecule has 1 N–H and O–H groups in total. The van der Waals surface area contributed by atoms with Crippen LogP contribution < -0.4 is 5.32 Å². The van der Waals surface area contributed by atoms with E-state index in [2.05, 4.69) is 17.1 Å². The molecule has 5 nitrogen and oxygen atoms in total. The van der Waals surface area contributed by atoms with Crippen molar-refractivity contribution in [1.29, 1.82) is 0 Å². The molecule has 0 aliphatic carbocycles. The normalized spacial score (nSPS) is 30.2. The van der Waals surface area contributed by atoms with Crippen molar-refractivity contribution in [1.82, 2.24) is 10.2 Å². The number of hydrogen-bond acceptors (Lipinski definition) is 3. The second-order valence-electron chi connectivity index (χ2n) is 7.50. The second kappa shape index (κ2) is 9.29. The van der Waals surface area contributed by atoms with E-state index in [0.717, 1.165) is 36.2 Å². The standard InChI is InChI=1S/C20H28ClN3O2.HI/c1-3-22-20(23-10-19(25-2)13-5-4-6-14(21)9-13)24-11-15-16(12-24)18-8-7-17(15)26-18;/h4-6,9,15-19H,3,7-8,10-12H2,1-2H3,(H,22,23);1H. The molecule has 150 valence electrons. The molecule has 4 rings (SSSR count). The van der Waals surface area contributed by atoms with Gasteiger partial charge in [0.1, 0.15) is 6.10 Å². The summed E-state index contributed by atoms with van der Waals surface area (Å²) in [7, 11) is 1.73. The van der Waals surface area contributed by atoms with Crippen molar-refractivity contribution >= 4 is 41.5 Å². The largest absolute Gasteiger partial charge is 0.375 e. The van der Waals surface area contributed by atoms with E-state index in [1.165, 1.54) is 12.8 Å². The molecular weight excluding hydrogens is 477 g/mol. The maximum atomic E-state index is 6.13. The molecule has 3 heterocycles. The summed E-state index contributed by atoms with van der Waals surface area (Å²) in [5.41, 5.74) is 1.06. The summed E-state index contributed by atoms with van der Waals surface area (Å²) in [5, 5.41) is 4.18. The van der Waals surface area contributed by atoms with E-state index in [-0.39, 0.29) is 30.1 Å². The average molecular weight is 506 g/mol. The molecule has 27 heavy (non-hydrogen) atoms. The van der Waals surface area contributed by atoms with E-state index in [4.69, 9.17) is 26.1 Å². The van der Waals surface area contributed by atoms with E-state index in [9.17, 15) is 0 Å². The number of halogens is 2. The molecule has 0 aromatic heterocycles. The van der Waals surface area contributed by atoms with Gasteiger partial charge in [-0.15, -0.1) is 24.0 Å². The van der Waals surface area contributed by atoms with E-state index >= 15 is 0 Å². The quantitative estimate of drug-likeness (QED) is 0.376. The first-order chi connectivity index (χ1) is 12.7. The molecule has 3 aliphatic rings. The average Bonchev–Trinajstić information content (AvgIpc) is 3.34. The van der Waals surface area contributed by atoms with Gasteiger partial charge in [-0.1, -0.05) is 23.7 Å². The number of likely N-dealkylation sites (tertiary alicyclic amines) is 1. The number of benzene rings is 1. The van der Waals surface area contributed by atoms with Crippen LogP contribution in [-0.2, 0) is 9.47 Å². The van der Waals surface area contributed by atoms with Crippen molar-refractivity contribution < 1.29 is 9.47 Å². The highest BCUT2D eigenvalue weighted by atomic mass is 127. The summed E-state index contributed by atoms with van der Waals surface area (Å²) >= 11 is 6.13. The SMILES string of the molecule is CCNC(=NCC(OC)c1cccc(Cl)c1)N1CC2C3CCC(O3)C2C1.I. The summed E-state index contributed by atoms with van der Waals surface area (Å²) in [4.78, 5) is 7.31. The molecule has 2 bridgehead atoms. The fourth-order valence-electron chi connectivity index (χ4n) is 4.75. The van der Waals surface area contributed by atoms with E-state index in [1.807, 2.05) is 24.3 Å². The second-order valence-corrected chi connectivity index (χ2v) is 7.93. The number of guanidine groups is 1. The van der Waals surface area contributed by atoms with Crippen molar-refractivity contribution in [3.8, 4) is 0 Å². The first-order valence-corrected chi connectivity index (χ1v) is 10.0. The molecule has 0 saturated carbocycles. The third-order valence-electron chi connectivity index (χ3n) is 6.00. The Kier molecular flexibility index (Phi) is 7.27. The highest BCUT2D eigenvalue weighted by molar-refractivity contribution is 14.0. The smallest absolute Gasteiger partial charge is 0.194 e. The molecular formula is C20H29ClIN3O2. The molecule has 3 saturated heterocycles. The van der Waals surface area contributed by atoms with Crippen molar-refractivity contribution in [3.05, 3.63) is 34.9 Å². The lowest BCUT2D eigenvalue weighted by molar-refractivity contribution is 0.0765. The van der Waals surface area contributed by atoms with Gasteiger partial charge in [0.2, 0.25) is 0 Å². The first kappa shape index (κ1) is 21.1. The minimum atomic E-state index is -0.0935. The van der Waals surface area contributed by atoms with Crippen molar-refractivity contribution in [2.45, 2.75) is 38.1 Å². The molecule has 0 spiro atoms. The third kappa shape index (κ3) is 4.38. The van der Waals surface area contributed by atoms with Crippen LogP contribution in [-0.4, -0.2) is 56.4 Å². The van der Waals surface area contributed by atoms with Crippen LogP contribution in [0.15, 0.2) is 29.3 Å². The lowest BCUT2D eigenvalue weighted by atomic mass is 9.82. The fourth-order valence-corrected chi connectivity index (χ4v) is 4.95. The number of nitrogens with one attached hydrogen (secondary N) is 1. The minimum Gasteiger partial charge on any atom is -0.375 e. The van der Waals surface area contributed by atoms with Gasteiger partial charge in [-0.3, -0.25) is 4.99 Å². The van der Waals surface area contributed by atoms with E-state index in [0.29, 0.717) is 30.6 Å². The number of methoxy groups -OCH3 is 1. The number of ether oxygens (including phenoxy) is 2. The Morgan fingerprint density at radius 1 is 1.33 bits per heavy atom. The maximum absolute atomic E-state index is 6.13. The molecule has 5 atom stereocenters. The van der Waals surface area contributed by atoms with Gasteiger partial charge in [-0.05, 0) is 37.5 Å². The number of hydrogen-bond donors (Lipinski definition) is 1. The minimum absolute atomic E-state index is 0. The van der Waals surface area contributed by atoms with Crippen LogP contribution >= 0.6 is 35.6 Å². The van der Waals surface area contributed by atoms with E-state index in [1.54, 1.807) is 7.11 Å². The van der Waals surface area contributed by atoms with Crippen molar-refractivity contribution in [2.75, 3.05) is 33.3 Å². The number of fused-ring (bicyclic) bond motifs is 5. The zero-order valence-corrected chi connectivity index (χ0v) is 19.0. The molecule has 5 unspecified atom stereocenters. The van der Waals surface area contributed by atoms with Gasteiger partial charge in [0.05, 0.1) is 18.8 Å². The summed E-state index contributed by atoms with van der Waals surface area (Å²) in [6, 6.07) is 7.83. The highest BCUT2D eigenvalue weighted by Crippen LogP contribution is 2.47. The Morgan fingerprint density at radius 2 is 2.04 bits per heavy atom. The van der Waals surface area contributed by atoms with E-state index < -0.39 is 0 Å². The lowest BCUT2D eigenvalue weighted by Crippen LogP contribution is -2.41. The predicted molar refractivity (Wildman–Crippen MR) is 119 cm³/mol. The van der Waals surface area contributed by atoms with Crippen molar-refractivity contribution in [3.63, 3.8) is 0 Å². The van der Waals surface area contributed by atoms with Crippen LogP contribution in [0.5, 0.6) is 0 Å². The van der Waals surface area contributed by atoms with Gasteiger partial charge >= 0.3 is 0 Å². The van der Waals surface area contributed by atoms with Gasteiger partial charge in [-0.2, -0.15) is 0 Å². The van der Waals surface area contributed by atoms with Gasteiger partial charge in [-0.25, -0.2) is 0 Å². The monoisotopic (exact) mass is 505 g/mol. The van der Waals surface area contributed by atoms with Gasteiger partial charge < -0.3 is 19.7 Å². The molecule has 0 radical (unpaired) electrons.